The van der Waals surface area contributed by atoms with Crippen molar-refractivity contribution in [1.82, 2.24) is 0 Å². The zero-order valence-corrected chi connectivity index (χ0v) is 10.1. The standard InChI is InChI=1S/C14H9ClO3/c15-13-7-2-1-6-12(13)14(17)18-11-5-3-4-10(8-11)9-16/h1-9H. The smallest absolute Gasteiger partial charge is 0.345 e. The topological polar surface area (TPSA) is 43.4 Å². The number of carbonyl (C=O) groups is 2. The third-order valence-corrected chi connectivity index (χ3v) is 2.63. The van der Waals surface area contributed by atoms with Crippen molar-refractivity contribution in [3.05, 3.63) is 64.7 Å². The van der Waals surface area contributed by atoms with Gasteiger partial charge in [-0.15, -0.1) is 0 Å². The zero-order valence-electron chi connectivity index (χ0n) is 9.30. The predicted molar refractivity (Wildman–Crippen MR) is 68.2 cm³/mol. The molecule has 0 spiro atoms. The minimum atomic E-state index is -0.552. The van der Waals surface area contributed by atoms with Crippen molar-refractivity contribution >= 4 is 23.9 Å². The first-order valence-electron chi connectivity index (χ1n) is 5.22. The molecule has 0 atom stereocenters. The highest BCUT2D eigenvalue weighted by Crippen LogP contribution is 2.19. The third-order valence-electron chi connectivity index (χ3n) is 2.30. The molecule has 3 nitrogen and oxygen atoms in total. The Morgan fingerprint density at radius 2 is 1.89 bits per heavy atom. The van der Waals surface area contributed by atoms with Crippen LogP contribution in [0.5, 0.6) is 5.75 Å². The number of hydrogen-bond donors (Lipinski definition) is 0. The van der Waals surface area contributed by atoms with Gasteiger partial charge in [0.05, 0.1) is 10.6 Å². The number of aldehydes is 1. The summed E-state index contributed by atoms with van der Waals surface area (Å²) in [6.45, 7) is 0. The van der Waals surface area contributed by atoms with Crippen molar-refractivity contribution in [2.75, 3.05) is 0 Å². The number of esters is 1. The quantitative estimate of drug-likeness (QED) is 0.483. The van der Waals surface area contributed by atoms with Crippen LogP contribution in [0.1, 0.15) is 20.7 Å². The van der Waals surface area contributed by atoms with Gasteiger partial charge in [-0.2, -0.15) is 0 Å². The molecule has 0 aromatic heterocycles. The van der Waals surface area contributed by atoms with Crippen molar-refractivity contribution in [2.24, 2.45) is 0 Å². The lowest BCUT2D eigenvalue weighted by molar-refractivity contribution is 0.0734. The van der Waals surface area contributed by atoms with Gasteiger partial charge >= 0.3 is 5.97 Å². The van der Waals surface area contributed by atoms with Crippen LogP contribution in [0.15, 0.2) is 48.5 Å². The van der Waals surface area contributed by atoms with E-state index in [0.29, 0.717) is 22.6 Å². The molecule has 0 saturated carbocycles. The van der Waals surface area contributed by atoms with E-state index in [-0.39, 0.29) is 5.56 Å². The second-order valence-electron chi connectivity index (χ2n) is 3.56. The Balaban J connectivity index is 2.21. The average molecular weight is 261 g/mol. The first kappa shape index (κ1) is 12.3. The molecule has 0 saturated heterocycles. The van der Waals surface area contributed by atoms with Crippen molar-refractivity contribution in [2.45, 2.75) is 0 Å². The maximum absolute atomic E-state index is 11.8. The number of ether oxygens (including phenoxy) is 1. The number of carbonyl (C=O) groups excluding carboxylic acids is 2. The van der Waals surface area contributed by atoms with Gasteiger partial charge < -0.3 is 4.74 Å². The van der Waals surface area contributed by atoms with Crippen molar-refractivity contribution in [3.8, 4) is 5.75 Å². The molecular formula is C14H9ClO3. The van der Waals surface area contributed by atoms with Gasteiger partial charge in [0.1, 0.15) is 12.0 Å². The SMILES string of the molecule is O=Cc1cccc(OC(=O)c2ccccc2Cl)c1. The number of rotatable bonds is 3. The van der Waals surface area contributed by atoms with Gasteiger partial charge in [-0.05, 0) is 24.3 Å². The molecule has 0 amide bonds. The van der Waals surface area contributed by atoms with E-state index in [4.69, 9.17) is 16.3 Å². The molecule has 0 aliphatic heterocycles. The molecular weight excluding hydrogens is 252 g/mol. The van der Waals surface area contributed by atoms with Crippen LogP contribution in [0, 0.1) is 0 Å². The summed E-state index contributed by atoms with van der Waals surface area (Å²) in [5.74, 6) is -0.242. The Morgan fingerprint density at radius 1 is 1.11 bits per heavy atom. The van der Waals surface area contributed by atoms with E-state index in [1.54, 1.807) is 42.5 Å². The van der Waals surface area contributed by atoms with Crippen LogP contribution in [-0.2, 0) is 0 Å². The highest BCUT2D eigenvalue weighted by atomic mass is 35.5. The van der Waals surface area contributed by atoms with Gasteiger partial charge in [0.2, 0.25) is 0 Å². The van der Waals surface area contributed by atoms with E-state index >= 15 is 0 Å². The van der Waals surface area contributed by atoms with E-state index in [1.165, 1.54) is 6.07 Å². The molecule has 0 radical (unpaired) electrons. The Hall–Kier alpha value is -2.13. The number of halogens is 1. The molecule has 18 heavy (non-hydrogen) atoms. The number of benzene rings is 2. The molecule has 2 aromatic carbocycles. The fourth-order valence-corrected chi connectivity index (χ4v) is 1.65. The molecule has 90 valence electrons. The molecule has 0 N–H and O–H groups in total. The minimum Gasteiger partial charge on any atom is -0.423 e. The van der Waals surface area contributed by atoms with E-state index < -0.39 is 5.97 Å². The number of hydrogen-bond acceptors (Lipinski definition) is 3. The van der Waals surface area contributed by atoms with Gasteiger partial charge in [-0.1, -0.05) is 35.9 Å². The fourth-order valence-electron chi connectivity index (χ4n) is 1.44. The largest absolute Gasteiger partial charge is 0.423 e. The Bertz CT molecular complexity index is 593. The van der Waals surface area contributed by atoms with E-state index in [0.717, 1.165) is 0 Å². The van der Waals surface area contributed by atoms with Crippen LogP contribution in [0.4, 0.5) is 0 Å². The molecule has 0 heterocycles. The van der Waals surface area contributed by atoms with Gasteiger partial charge in [0, 0.05) is 5.56 Å². The van der Waals surface area contributed by atoms with E-state index in [9.17, 15) is 9.59 Å². The van der Waals surface area contributed by atoms with Crippen molar-refractivity contribution < 1.29 is 14.3 Å². The van der Waals surface area contributed by atoms with Crippen LogP contribution in [0.25, 0.3) is 0 Å². The van der Waals surface area contributed by atoms with Gasteiger partial charge in [-0.3, -0.25) is 4.79 Å². The summed E-state index contributed by atoms with van der Waals surface area (Å²) in [6.07, 6.45) is 0.687. The van der Waals surface area contributed by atoms with Crippen LogP contribution >= 0.6 is 11.6 Å². The zero-order chi connectivity index (χ0) is 13.0. The van der Waals surface area contributed by atoms with Gasteiger partial charge in [-0.25, -0.2) is 4.79 Å². The second-order valence-corrected chi connectivity index (χ2v) is 3.97. The first-order valence-corrected chi connectivity index (χ1v) is 5.60. The molecule has 0 bridgehead atoms. The molecule has 2 rings (SSSR count). The monoisotopic (exact) mass is 260 g/mol. The maximum Gasteiger partial charge on any atom is 0.345 e. The highest BCUT2D eigenvalue weighted by Gasteiger charge is 2.12. The molecule has 0 aliphatic carbocycles. The molecule has 0 fully saturated rings. The Morgan fingerprint density at radius 3 is 2.61 bits per heavy atom. The van der Waals surface area contributed by atoms with Gasteiger partial charge in [0.15, 0.2) is 0 Å². The maximum atomic E-state index is 11.8. The summed E-state index contributed by atoms with van der Waals surface area (Å²) in [6, 6.07) is 13.0. The van der Waals surface area contributed by atoms with Crippen LogP contribution in [-0.4, -0.2) is 12.3 Å². The van der Waals surface area contributed by atoms with E-state index in [1.807, 2.05) is 0 Å². The normalized spacial score (nSPS) is 9.83. The van der Waals surface area contributed by atoms with E-state index in [2.05, 4.69) is 0 Å². The molecule has 0 unspecified atom stereocenters. The minimum absolute atomic E-state index is 0.288. The molecule has 2 aromatic rings. The Kier molecular flexibility index (Phi) is 3.75. The summed E-state index contributed by atoms with van der Waals surface area (Å²) in [4.78, 5) is 22.4. The van der Waals surface area contributed by atoms with Crippen molar-refractivity contribution in [3.63, 3.8) is 0 Å². The molecule has 0 aliphatic rings. The summed E-state index contributed by atoms with van der Waals surface area (Å²) >= 11 is 5.89. The predicted octanol–water partition coefficient (Wildman–Crippen LogP) is 3.37. The molecule has 4 heteroatoms. The lowest BCUT2D eigenvalue weighted by Gasteiger charge is -2.05. The third kappa shape index (κ3) is 2.76. The summed E-state index contributed by atoms with van der Waals surface area (Å²) in [5.41, 5.74) is 0.732. The Labute approximate surface area is 109 Å². The van der Waals surface area contributed by atoms with Crippen LogP contribution in [0.2, 0.25) is 5.02 Å². The highest BCUT2D eigenvalue weighted by molar-refractivity contribution is 6.33. The van der Waals surface area contributed by atoms with Crippen molar-refractivity contribution in [1.29, 1.82) is 0 Å². The second kappa shape index (κ2) is 5.47. The van der Waals surface area contributed by atoms with Gasteiger partial charge in [0.25, 0.3) is 0 Å². The lowest BCUT2D eigenvalue weighted by Crippen LogP contribution is -2.09. The van der Waals surface area contributed by atoms with Crippen LogP contribution < -0.4 is 4.74 Å². The fraction of sp³-hybridized carbons (Fsp3) is 0. The first-order chi connectivity index (χ1) is 8.70. The summed E-state index contributed by atoms with van der Waals surface area (Å²) in [5, 5.41) is 0.328. The van der Waals surface area contributed by atoms with Crippen LogP contribution in [0.3, 0.4) is 0 Å². The summed E-state index contributed by atoms with van der Waals surface area (Å²) in [7, 11) is 0. The average Bonchev–Trinajstić information content (AvgIpc) is 2.39. The lowest BCUT2D eigenvalue weighted by atomic mass is 10.2. The summed E-state index contributed by atoms with van der Waals surface area (Å²) < 4.78 is 5.14.